The lowest BCUT2D eigenvalue weighted by Gasteiger charge is -2.43. The highest BCUT2D eigenvalue weighted by atomic mass is 16.2. The van der Waals surface area contributed by atoms with E-state index in [0.717, 1.165) is 23.5 Å². The number of carbonyl (C=O) groups excluding carboxylic acids is 2. The molecule has 1 unspecified atom stereocenters. The average Bonchev–Trinajstić information content (AvgIpc) is 2.68. The maximum absolute atomic E-state index is 12.0. The summed E-state index contributed by atoms with van der Waals surface area (Å²) in [7, 11) is 0. The molecular weight excluding hydrogens is 256 g/mol. The third-order valence-electron chi connectivity index (χ3n) is 4.08. The van der Waals surface area contributed by atoms with Crippen molar-refractivity contribution in [1.82, 2.24) is 5.32 Å². The maximum Gasteiger partial charge on any atom is 0.245 e. The lowest BCUT2D eigenvalue weighted by molar-refractivity contribution is -0.126. The van der Waals surface area contributed by atoms with E-state index in [0.29, 0.717) is 6.54 Å². The average molecular weight is 274 g/mol. The molecule has 2 heterocycles. The Bertz CT molecular complexity index is 597. The van der Waals surface area contributed by atoms with E-state index in [1.807, 2.05) is 36.9 Å². The van der Waals surface area contributed by atoms with Crippen LogP contribution in [0.3, 0.4) is 0 Å². The molecule has 1 fully saturated rings. The molecule has 106 valence electrons. The van der Waals surface area contributed by atoms with Crippen LogP contribution in [-0.2, 0) is 9.59 Å². The molecule has 1 atom stereocenters. The van der Waals surface area contributed by atoms with E-state index in [1.165, 1.54) is 0 Å². The number of nitrogens with zero attached hydrogens (tertiary/aromatic N) is 1. The van der Waals surface area contributed by atoms with E-state index in [2.05, 4.69) is 10.6 Å². The number of piperazine rings is 1. The van der Waals surface area contributed by atoms with Gasteiger partial charge in [0.25, 0.3) is 0 Å². The normalized spacial score (nSPS) is 24.1. The van der Waals surface area contributed by atoms with Crippen molar-refractivity contribution in [1.29, 1.82) is 0 Å². The standard InChI is InChI=1S/C14H18N4O2/c1-14(2)13(20)16-5-6-18(14)8-3-4-9-10(7-8)17-12(19)11(9)15/h3-4,7,11H,5-6,15H2,1-2H3,(H,16,20)(H,17,19). The Labute approximate surface area is 117 Å². The third-order valence-corrected chi connectivity index (χ3v) is 4.08. The van der Waals surface area contributed by atoms with E-state index in [1.54, 1.807) is 0 Å². The second-order valence-electron chi connectivity index (χ2n) is 5.71. The van der Waals surface area contributed by atoms with Gasteiger partial charge in [0.1, 0.15) is 11.6 Å². The Balaban J connectivity index is 1.98. The Morgan fingerprint density at radius 3 is 2.85 bits per heavy atom. The fourth-order valence-electron chi connectivity index (χ4n) is 2.79. The number of nitrogens with two attached hydrogens (primary N) is 1. The van der Waals surface area contributed by atoms with Crippen LogP contribution in [0.25, 0.3) is 0 Å². The van der Waals surface area contributed by atoms with E-state index >= 15 is 0 Å². The first-order chi connectivity index (χ1) is 9.41. The van der Waals surface area contributed by atoms with Crippen LogP contribution in [-0.4, -0.2) is 30.4 Å². The van der Waals surface area contributed by atoms with Crippen LogP contribution in [0, 0.1) is 0 Å². The predicted octanol–water partition coefficient (Wildman–Crippen LogP) is 0.353. The molecule has 2 aliphatic heterocycles. The second-order valence-corrected chi connectivity index (χ2v) is 5.71. The molecule has 6 heteroatoms. The summed E-state index contributed by atoms with van der Waals surface area (Å²) in [5, 5.41) is 5.64. The van der Waals surface area contributed by atoms with Crippen molar-refractivity contribution >= 4 is 23.2 Å². The number of carbonyl (C=O) groups is 2. The minimum absolute atomic E-state index is 0.00462. The van der Waals surface area contributed by atoms with E-state index in [-0.39, 0.29) is 11.8 Å². The predicted molar refractivity (Wildman–Crippen MR) is 76.4 cm³/mol. The lowest BCUT2D eigenvalue weighted by atomic mass is 9.97. The molecule has 2 amide bonds. The number of anilines is 2. The largest absolute Gasteiger partial charge is 0.356 e. The number of rotatable bonds is 1. The van der Waals surface area contributed by atoms with Crippen molar-refractivity contribution in [3.63, 3.8) is 0 Å². The SMILES string of the molecule is CC1(C)C(=O)NCCN1c1ccc2c(c1)NC(=O)C2N. The zero-order valence-corrected chi connectivity index (χ0v) is 11.6. The molecule has 20 heavy (non-hydrogen) atoms. The molecule has 0 radical (unpaired) electrons. The van der Waals surface area contributed by atoms with Crippen molar-refractivity contribution in [2.45, 2.75) is 25.4 Å². The quantitative estimate of drug-likeness (QED) is 0.689. The van der Waals surface area contributed by atoms with E-state index in [4.69, 9.17) is 5.73 Å². The fraction of sp³-hybridized carbons (Fsp3) is 0.429. The van der Waals surface area contributed by atoms with Crippen LogP contribution in [0.2, 0.25) is 0 Å². The van der Waals surface area contributed by atoms with Crippen molar-refractivity contribution in [2.24, 2.45) is 5.73 Å². The highest BCUT2D eigenvalue weighted by Gasteiger charge is 2.38. The highest BCUT2D eigenvalue weighted by molar-refractivity contribution is 6.03. The van der Waals surface area contributed by atoms with Gasteiger partial charge in [-0.2, -0.15) is 0 Å². The molecule has 3 rings (SSSR count). The molecule has 0 saturated carbocycles. The molecular formula is C14H18N4O2. The zero-order valence-electron chi connectivity index (χ0n) is 11.6. The Hall–Kier alpha value is -2.08. The van der Waals surface area contributed by atoms with Crippen LogP contribution in [0.4, 0.5) is 11.4 Å². The molecule has 1 aromatic carbocycles. The number of amides is 2. The molecule has 0 aromatic heterocycles. The Morgan fingerprint density at radius 2 is 2.10 bits per heavy atom. The molecule has 6 nitrogen and oxygen atoms in total. The van der Waals surface area contributed by atoms with Gasteiger partial charge in [-0.3, -0.25) is 9.59 Å². The molecule has 0 spiro atoms. The lowest BCUT2D eigenvalue weighted by Crippen LogP contribution is -2.62. The van der Waals surface area contributed by atoms with Crippen LogP contribution in [0.5, 0.6) is 0 Å². The first-order valence-electron chi connectivity index (χ1n) is 6.67. The van der Waals surface area contributed by atoms with Gasteiger partial charge < -0.3 is 21.3 Å². The fourth-order valence-corrected chi connectivity index (χ4v) is 2.79. The second kappa shape index (κ2) is 4.21. The summed E-state index contributed by atoms with van der Waals surface area (Å²) < 4.78 is 0. The van der Waals surface area contributed by atoms with Gasteiger partial charge in [0.15, 0.2) is 0 Å². The number of hydrogen-bond donors (Lipinski definition) is 3. The van der Waals surface area contributed by atoms with Gasteiger partial charge in [-0.15, -0.1) is 0 Å². The highest BCUT2D eigenvalue weighted by Crippen LogP contribution is 2.35. The number of fused-ring (bicyclic) bond motifs is 1. The Kier molecular flexibility index (Phi) is 2.72. The maximum atomic E-state index is 12.0. The van der Waals surface area contributed by atoms with E-state index < -0.39 is 11.6 Å². The van der Waals surface area contributed by atoms with Crippen molar-refractivity contribution in [3.8, 4) is 0 Å². The number of nitrogens with one attached hydrogen (secondary N) is 2. The molecule has 0 bridgehead atoms. The van der Waals surface area contributed by atoms with Crippen molar-refractivity contribution < 1.29 is 9.59 Å². The van der Waals surface area contributed by atoms with Gasteiger partial charge in [0.2, 0.25) is 11.8 Å². The summed E-state index contributed by atoms with van der Waals surface area (Å²) in [4.78, 5) is 25.6. The van der Waals surface area contributed by atoms with E-state index in [9.17, 15) is 9.59 Å². The van der Waals surface area contributed by atoms with Gasteiger partial charge in [-0.25, -0.2) is 0 Å². The minimum Gasteiger partial charge on any atom is -0.356 e. The summed E-state index contributed by atoms with van der Waals surface area (Å²) in [6, 6.07) is 5.06. The summed E-state index contributed by atoms with van der Waals surface area (Å²) in [6.07, 6.45) is 0. The van der Waals surface area contributed by atoms with Crippen molar-refractivity contribution in [3.05, 3.63) is 23.8 Å². The first-order valence-corrected chi connectivity index (χ1v) is 6.67. The molecule has 1 saturated heterocycles. The summed E-state index contributed by atoms with van der Waals surface area (Å²) in [6.45, 7) is 5.13. The van der Waals surface area contributed by atoms with Gasteiger partial charge in [0.05, 0.1) is 0 Å². The first kappa shape index (κ1) is 12.9. The van der Waals surface area contributed by atoms with Crippen LogP contribution in [0.15, 0.2) is 18.2 Å². The van der Waals surface area contributed by atoms with Crippen molar-refractivity contribution in [2.75, 3.05) is 23.3 Å². The van der Waals surface area contributed by atoms with Crippen LogP contribution in [0.1, 0.15) is 25.5 Å². The molecule has 2 aliphatic rings. The van der Waals surface area contributed by atoms with Gasteiger partial charge in [0, 0.05) is 30.0 Å². The monoisotopic (exact) mass is 274 g/mol. The summed E-state index contributed by atoms with van der Waals surface area (Å²) >= 11 is 0. The van der Waals surface area contributed by atoms with Gasteiger partial charge in [-0.05, 0) is 26.0 Å². The minimum atomic E-state index is -0.614. The molecule has 4 N–H and O–H groups in total. The summed E-state index contributed by atoms with van der Waals surface area (Å²) in [5.74, 6) is -0.183. The Morgan fingerprint density at radius 1 is 1.35 bits per heavy atom. The molecule has 0 aliphatic carbocycles. The zero-order chi connectivity index (χ0) is 14.5. The topological polar surface area (TPSA) is 87.5 Å². The number of hydrogen-bond acceptors (Lipinski definition) is 4. The van der Waals surface area contributed by atoms with Crippen LogP contribution < -0.4 is 21.3 Å². The smallest absolute Gasteiger partial charge is 0.245 e. The molecule has 1 aromatic rings. The van der Waals surface area contributed by atoms with Crippen LogP contribution >= 0.6 is 0 Å². The summed E-state index contributed by atoms with van der Waals surface area (Å²) in [5.41, 5.74) is 7.65. The van der Waals surface area contributed by atoms with Gasteiger partial charge in [-0.1, -0.05) is 6.07 Å². The van der Waals surface area contributed by atoms with Gasteiger partial charge >= 0.3 is 0 Å². The number of benzene rings is 1. The third kappa shape index (κ3) is 1.76.